The Hall–Kier alpha value is -0.820. The number of benzene rings is 1. The van der Waals surface area contributed by atoms with Gasteiger partial charge in [0.05, 0.1) is 0 Å². The number of hydrogen-bond acceptors (Lipinski definition) is 3. The summed E-state index contributed by atoms with van der Waals surface area (Å²) in [6.07, 6.45) is 0. The number of ether oxygens (including phenoxy) is 1. The number of hydrazine groups is 1. The zero-order valence-corrected chi connectivity index (χ0v) is 8.95. The van der Waals surface area contributed by atoms with Crippen LogP contribution in [0.2, 0.25) is 0 Å². The minimum atomic E-state index is -0.349. The van der Waals surface area contributed by atoms with Crippen LogP contribution in [-0.2, 0) is 4.79 Å². The third-order valence-electron chi connectivity index (χ3n) is 1.34. The van der Waals surface area contributed by atoms with E-state index in [1.54, 1.807) is 12.1 Å². The maximum absolute atomic E-state index is 10.7. The minimum Gasteiger partial charge on any atom is -0.484 e. The van der Waals surface area contributed by atoms with Crippen molar-refractivity contribution in [1.82, 2.24) is 5.43 Å². The van der Waals surface area contributed by atoms with Gasteiger partial charge in [0.2, 0.25) is 0 Å². The smallest absolute Gasteiger partial charge is 0.271 e. The number of nitrogens with one attached hydrogen (secondary N) is 1. The van der Waals surface area contributed by atoms with Crippen molar-refractivity contribution >= 4 is 28.5 Å². The van der Waals surface area contributed by atoms with Crippen molar-refractivity contribution in [3.05, 3.63) is 27.8 Å². The summed E-state index contributed by atoms with van der Waals surface area (Å²) in [5.41, 5.74) is 1.98. The SMILES string of the molecule is NNC(=O)COc1ccc(I)cc1. The van der Waals surface area contributed by atoms with Crippen molar-refractivity contribution in [2.24, 2.45) is 5.84 Å². The molecule has 3 N–H and O–H groups in total. The Balaban J connectivity index is 2.46. The molecule has 5 heteroatoms. The number of carbonyl (C=O) groups is 1. The van der Waals surface area contributed by atoms with Gasteiger partial charge in [0.1, 0.15) is 5.75 Å². The summed E-state index contributed by atoms with van der Waals surface area (Å²) in [4.78, 5) is 10.7. The van der Waals surface area contributed by atoms with Crippen LogP contribution in [0.4, 0.5) is 0 Å². The fourth-order valence-corrected chi connectivity index (χ4v) is 1.08. The molecule has 1 amide bonds. The van der Waals surface area contributed by atoms with Gasteiger partial charge in [-0.3, -0.25) is 10.2 Å². The average Bonchev–Trinajstić information content (AvgIpc) is 2.16. The van der Waals surface area contributed by atoms with Crippen molar-refractivity contribution in [3.8, 4) is 5.75 Å². The van der Waals surface area contributed by atoms with Crippen molar-refractivity contribution in [3.63, 3.8) is 0 Å². The lowest BCUT2D eigenvalue weighted by atomic mass is 10.3. The molecule has 1 aromatic carbocycles. The zero-order valence-electron chi connectivity index (χ0n) is 6.79. The topological polar surface area (TPSA) is 64.3 Å². The standard InChI is InChI=1S/C8H9IN2O2/c9-6-1-3-7(4-2-6)13-5-8(12)11-10/h1-4H,5,10H2,(H,11,12). The molecule has 0 atom stereocenters. The van der Waals surface area contributed by atoms with Crippen LogP contribution in [0, 0.1) is 3.57 Å². The first kappa shape index (κ1) is 10.3. The van der Waals surface area contributed by atoms with Gasteiger partial charge in [-0.15, -0.1) is 0 Å². The highest BCUT2D eigenvalue weighted by Crippen LogP contribution is 2.12. The van der Waals surface area contributed by atoms with Gasteiger partial charge < -0.3 is 4.74 Å². The number of rotatable bonds is 3. The van der Waals surface area contributed by atoms with E-state index < -0.39 is 0 Å². The Bertz CT molecular complexity index is 287. The van der Waals surface area contributed by atoms with E-state index in [0.717, 1.165) is 3.57 Å². The van der Waals surface area contributed by atoms with Crippen LogP contribution < -0.4 is 16.0 Å². The van der Waals surface area contributed by atoms with Crippen LogP contribution in [0.25, 0.3) is 0 Å². The number of amides is 1. The molecule has 1 aromatic rings. The van der Waals surface area contributed by atoms with E-state index in [-0.39, 0.29) is 12.5 Å². The fourth-order valence-electron chi connectivity index (χ4n) is 0.721. The van der Waals surface area contributed by atoms with E-state index in [1.165, 1.54) is 0 Å². The Morgan fingerprint density at radius 1 is 1.46 bits per heavy atom. The first-order valence-electron chi connectivity index (χ1n) is 3.60. The summed E-state index contributed by atoms with van der Waals surface area (Å²) < 4.78 is 6.24. The highest BCUT2D eigenvalue weighted by atomic mass is 127. The molecule has 13 heavy (non-hydrogen) atoms. The van der Waals surface area contributed by atoms with Gasteiger partial charge in [0, 0.05) is 3.57 Å². The maximum Gasteiger partial charge on any atom is 0.271 e. The number of hydrogen-bond donors (Lipinski definition) is 2. The summed E-state index contributed by atoms with van der Waals surface area (Å²) in [5.74, 6) is 5.19. The summed E-state index contributed by atoms with van der Waals surface area (Å²) in [6.45, 7) is -0.0584. The molecule has 0 aromatic heterocycles. The lowest BCUT2D eigenvalue weighted by Crippen LogP contribution is -2.34. The molecule has 0 bridgehead atoms. The van der Waals surface area contributed by atoms with Crippen molar-refractivity contribution < 1.29 is 9.53 Å². The second-order valence-electron chi connectivity index (χ2n) is 2.31. The summed E-state index contributed by atoms with van der Waals surface area (Å²) in [6, 6.07) is 7.39. The van der Waals surface area contributed by atoms with Crippen molar-refractivity contribution in [1.29, 1.82) is 0 Å². The van der Waals surface area contributed by atoms with Gasteiger partial charge in [0.25, 0.3) is 5.91 Å². The summed E-state index contributed by atoms with van der Waals surface area (Å²) in [5, 5.41) is 0. The van der Waals surface area contributed by atoms with Crippen LogP contribution >= 0.6 is 22.6 Å². The molecule has 0 spiro atoms. The molecule has 70 valence electrons. The predicted molar refractivity (Wildman–Crippen MR) is 57.0 cm³/mol. The molecular weight excluding hydrogens is 283 g/mol. The largest absolute Gasteiger partial charge is 0.484 e. The first-order valence-corrected chi connectivity index (χ1v) is 4.68. The van der Waals surface area contributed by atoms with Crippen LogP contribution in [0.1, 0.15) is 0 Å². The lowest BCUT2D eigenvalue weighted by molar-refractivity contribution is -0.123. The summed E-state index contributed by atoms with van der Waals surface area (Å²) in [7, 11) is 0. The lowest BCUT2D eigenvalue weighted by Gasteiger charge is -2.04. The molecular formula is C8H9IN2O2. The van der Waals surface area contributed by atoms with E-state index in [0.29, 0.717) is 5.75 Å². The zero-order chi connectivity index (χ0) is 9.68. The van der Waals surface area contributed by atoms with E-state index in [2.05, 4.69) is 22.6 Å². The molecule has 4 nitrogen and oxygen atoms in total. The minimum absolute atomic E-state index is 0.0584. The van der Waals surface area contributed by atoms with Crippen LogP contribution in [0.15, 0.2) is 24.3 Å². The molecule has 0 fully saturated rings. The molecule has 0 unspecified atom stereocenters. The van der Waals surface area contributed by atoms with Crippen LogP contribution in [0.3, 0.4) is 0 Å². The van der Waals surface area contributed by atoms with Gasteiger partial charge in [-0.2, -0.15) is 0 Å². The number of carbonyl (C=O) groups excluding carboxylic acids is 1. The van der Waals surface area contributed by atoms with Crippen LogP contribution in [0.5, 0.6) is 5.75 Å². The van der Waals surface area contributed by atoms with E-state index >= 15 is 0 Å². The summed E-state index contributed by atoms with van der Waals surface area (Å²) >= 11 is 2.19. The monoisotopic (exact) mass is 292 g/mol. The Kier molecular flexibility index (Phi) is 3.97. The normalized spacial score (nSPS) is 9.38. The van der Waals surface area contributed by atoms with Gasteiger partial charge >= 0.3 is 0 Å². The second-order valence-corrected chi connectivity index (χ2v) is 3.56. The second kappa shape index (κ2) is 5.03. The maximum atomic E-state index is 10.7. The van der Waals surface area contributed by atoms with E-state index in [9.17, 15) is 4.79 Å². The Labute approximate surface area is 89.6 Å². The Morgan fingerprint density at radius 2 is 2.08 bits per heavy atom. The third kappa shape index (κ3) is 3.60. The van der Waals surface area contributed by atoms with Crippen LogP contribution in [-0.4, -0.2) is 12.5 Å². The molecule has 0 aliphatic carbocycles. The van der Waals surface area contributed by atoms with E-state index in [1.807, 2.05) is 17.6 Å². The van der Waals surface area contributed by atoms with Crippen molar-refractivity contribution in [2.75, 3.05) is 6.61 Å². The molecule has 0 radical (unpaired) electrons. The fraction of sp³-hybridized carbons (Fsp3) is 0.125. The third-order valence-corrected chi connectivity index (χ3v) is 2.06. The highest BCUT2D eigenvalue weighted by molar-refractivity contribution is 14.1. The van der Waals surface area contributed by atoms with Gasteiger partial charge in [-0.05, 0) is 46.9 Å². The molecule has 0 saturated carbocycles. The molecule has 1 rings (SSSR count). The van der Waals surface area contributed by atoms with E-state index in [4.69, 9.17) is 10.6 Å². The average molecular weight is 292 g/mol. The number of nitrogens with two attached hydrogens (primary N) is 1. The van der Waals surface area contributed by atoms with Gasteiger partial charge in [-0.25, -0.2) is 5.84 Å². The molecule has 0 aliphatic rings. The quantitative estimate of drug-likeness (QED) is 0.372. The Morgan fingerprint density at radius 3 is 2.62 bits per heavy atom. The van der Waals surface area contributed by atoms with Crippen molar-refractivity contribution in [2.45, 2.75) is 0 Å². The van der Waals surface area contributed by atoms with Gasteiger partial charge in [0.15, 0.2) is 6.61 Å². The highest BCUT2D eigenvalue weighted by Gasteiger charge is 1.98. The number of halogens is 1. The molecule has 0 heterocycles. The van der Waals surface area contributed by atoms with Gasteiger partial charge in [-0.1, -0.05) is 0 Å². The first-order chi connectivity index (χ1) is 6.22. The predicted octanol–water partition coefficient (Wildman–Crippen LogP) is 0.660. The molecule has 0 aliphatic heterocycles. The molecule has 0 saturated heterocycles.